The average Bonchev–Trinajstić information content (AvgIpc) is 2.89. The molecule has 8 heteroatoms. The molecule has 1 fully saturated rings. The third-order valence-corrected chi connectivity index (χ3v) is 6.58. The van der Waals surface area contributed by atoms with Crippen LogP contribution in [-0.2, 0) is 27.9 Å². The molecule has 1 aromatic rings. The first-order valence-corrected chi connectivity index (χ1v) is 9.19. The molecule has 0 radical (unpaired) electrons. The van der Waals surface area contributed by atoms with Crippen LogP contribution in [0.15, 0.2) is 0 Å². The minimum atomic E-state index is -3.40. The molecule has 22 heavy (non-hydrogen) atoms. The summed E-state index contributed by atoms with van der Waals surface area (Å²) in [4.78, 5) is 0. The summed E-state index contributed by atoms with van der Waals surface area (Å²) >= 11 is 0. The maximum Gasteiger partial charge on any atom is 0.282 e. The highest BCUT2D eigenvalue weighted by atomic mass is 32.2. The van der Waals surface area contributed by atoms with Gasteiger partial charge in [-0.2, -0.15) is 22.1 Å². The fourth-order valence-corrected chi connectivity index (χ4v) is 5.07. The number of fused-ring (bicyclic) bond motifs is 1. The lowest BCUT2D eigenvalue weighted by molar-refractivity contribution is 0.116. The smallest absolute Gasteiger partial charge is 0.282 e. The average molecular weight is 328 g/mol. The predicted octanol–water partition coefficient (Wildman–Crippen LogP) is 0.679. The van der Waals surface area contributed by atoms with Crippen molar-refractivity contribution in [3.8, 4) is 0 Å². The number of aromatic amines is 1. The minimum Gasteiger partial charge on any atom is -0.384 e. The van der Waals surface area contributed by atoms with E-state index < -0.39 is 10.2 Å². The van der Waals surface area contributed by atoms with E-state index in [4.69, 9.17) is 4.74 Å². The molecule has 7 nitrogen and oxygen atoms in total. The van der Waals surface area contributed by atoms with Crippen LogP contribution in [0.5, 0.6) is 0 Å². The molecular weight excluding hydrogens is 304 g/mol. The molecule has 3 heterocycles. The van der Waals surface area contributed by atoms with Crippen LogP contribution in [0.4, 0.5) is 0 Å². The second-order valence-electron chi connectivity index (χ2n) is 6.19. The highest BCUT2D eigenvalue weighted by molar-refractivity contribution is 7.86. The Morgan fingerprint density at radius 2 is 2.18 bits per heavy atom. The third kappa shape index (κ3) is 2.92. The molecule has 1 aromatic heterocycles. The zero-order chi connectivity index (χ0) is 15.7. The van der Waals surface area contributed by atoms with Gasteiger partial charge >= 0.3 is 0 Å². The summed E-state index contributed by atoms with van der Waals surface area (Å²) in [5.41, 5.74) is 2.99. The Balaban J connectivity index is 1.74. The Kier molecular flexibility index (Phi) is 4.54. The van der Waals surface area contributed by atoms with Crippen LogP contribution in [0, 0.1) is 12.8 Å². The number of hydrogen-bond donors (Lipinski definition) is 1. The number of methoxy groups -OCH3 is 1. The van der Waals surface area contributed by atoms with Crippen LogP contribution in [-0.4, -0.2) is 60.6 Å². The molecule has 0 aliphatic carbocycles. The zero-order valence-electron chi connectivity index (χ0n) is 13.2. The molecule has 2 aliphatic rings. The number of rotatable bonds is 4. The van der Waals surface area contributed by atoms with Crippen molar-refractivity contribution in [1.82, 2.24) is 18.8 Å². The van der Waals surface area contributed by atoms with E-state index in [0.717, 1.165) is 29.8 Å². The first-order chi connectivity index (χ1) is 10.5. The van der Waals surface area contributed by atoms with Crippen LogP contribution in [0.3, 0.4) is 0 Å². The van der Waals surface area contributed by atoms with Gasteiger partial charge < -0.3 is 4.74 Å². The van der Waals surface area contributed by atoms with Crippen LogP contribution in [0.25, 0.3) is 0 Å². The number of piperidine rings is 1. The summed E-state index contributed by atoms with van der Waals surface area (Å²) < 4.78 is 34.2. The number of aromatic nitrogens is 2. The number of ether oxygens (including phenoxy) is 1. The van der Waals surface area contributed by atoms with E-state index in [-0.39, 0.29) is 0 Å². The van der Waals surface area contributed by atoms with E-state index in [1.165, 1.54) is 0 Å². The van der Waals surface area contributed by atoms with E-state index >= 15 is 0 Å². The van der Waals surface area contributed by atoms with Crippen molar-refractivity contribution in [2.24, 2.45) is 5.92 Å². The lowest BCUT2D eigenvalue weighted by atomic mass is 10.0. The minimum absolute atomic E-state index is 0.296. The standard InChI is InChI=1S/C14H24N4O3S/c1-11-13-9-18(7-5-14(13)16-15-11)22(19,20)17-6-3-4-12(8-17)10-21-2/h12H,3-10H2,1-2H3,(H,15,16). The first kappa shape index (κ1) is 15.9. The van der Waals surface area contributed by atoms with E-state index in [2.05, 4.69) is 10.2 Å². The van der Waals surface area contributed by atoms with Crippen molar-refractivity contribution in [1.29, 1.82) is 0 Å². The van der Waals surface area contributed by atoms with E-state index in [0.29, 0.717) is 45.1 Å². The number of hydrogen-bond acceptors (Lipinski definition) is 4. The summed E-state index contributed by atoms with van der Waals surface area (Å²) in [5, 5.41) is 7.20. The van der Waals surface area contributed by atoms with Gasteiger partial charge in [-0.1, -0.05) is 0 Å². The maximum absolute atomic E-state index is 12.9. The summed E-state index contributed by atoms with van der Waals surface area (Å²) in [5.74, 6) is 0.296. The monoisotopic (exact) mass is 328 g/mol. The number of nitrogens with zero attached hydrogens (tertiary/aromatic N) is 3. The maximum atomic E-state index is 12.9. The first-order valence-electron chi connectivity index (χ1n) is 7.79. The van der Waals surface area contributed by atoms with E-state index in [1.807, 2.05) is 6.92 Å². The van der Waals surface area contributed by atoms with Crippen molar-refractivity contribution < 1.29 is 13.2 Å². The molecule has 1 unspecified atom stereocenters. The number of aryl methyl sites for hydroxylation is 1. The molecule has 0 amide bonds. The second kappa shape index (κ2) is 6.27. The van der Waals surface area contributed by atoms with Crippen LogP contribution >= 0.6 is 0 Å². The summed E-state index contributed by atoms with van der Waals surface area (Å²) in [6.45, 7) is 4.66. The van der Waals surface area contributed by atoms with Gasteiger partial charge in [0.2, 0.25) is 0 Å². The largest absolute Gasteiger partial charge is 0.384 e. The quantitative estimate of drug-likeness (QED) is 0.881. The van der Waals surface area contributed by atoms with Gasteiger partial charge in [-0.3, -0.25) is 5.10 Å². The molecule has 2 aliphatic heterocycles. The Labute approximate surface area is 131 Å². The Morgan fingerprint density at radius 3 is 2.95 bits per heavy atom. The van der Waals surface area contributed by atoms with Crippen molar-refractivity contribution in [2.45, 2.75) is 32.7 Å². The molecule has 0 aromatic carbocycles. The SMILES string of the molecule is COCC1CCCN(S(=O)(=O)N2CCc3n[nH]c(C)c3C2)C1. The highest BCUT2D eigenvalue weighted by Crippen LogP contribution is 2.26. The predicted molar refractivity (Wildman–Crippen MR) is 82.5 cm³/mol. The van der Waals surface area contributed by atoms with Gasteiger partial charge in [0, 0.05) is 51.0 Å². The van der Waals surface area contributed by atoms with Crippen molar-refractivity contribution in [2.75, 3.05) is 33.4 Å². The summed E-state index contributed by atoms with van der Waals surface area (Å²) in [6, 6.07) is 0. The van der Waals surface area contributed by atoms with Crippen LogP contribution in [0.2, 0.25) is 0 Å². The Morgan fingerprint density at radius 1 is 1.36 bits per heavy atom. The normalized spacial score (nSPS) is 24.4. The molecule has 1 N–H and O–H groups in total. The van der Waals surface area contributed by atoms with Gasteiger partial charge in [0.25, 0.3) is 10.2 Å². The van der Waals surface area contributed by atoms with Gasteiger partial charge in [-0.25, -0.2) is 0 Å². The van der Waals surface area contributed by atoms with E-state index in [9.17, 15) is 8.42 Å². The Bertz CT molecular complexity index is 626. The van der Waals surface area contributed by atoms with Gasteiger partial charge in [0.1, 0.15) is 0 Å². The molecule has 0 saturated carbocycles. The lowest BCUT2D eigenvalue weighted by Crippen LogP contribution is -2.49. The fourth-order valence-electron chi connectivity index (χ4n) is 3.37. The third-order valence-electron chi connectivity index (χ3n) is 4.63. The molecule has 0 spiro atoms. The van der Waals surface area contributed by atoms with Gasteiger partial charge in [-0.05, 0) is 25.7 Å². The van der Waals surface area contributed by atoms with Gasteiger partial charge in [0.05, 0.1) is 12.3 Å². The fraction of sp³-hybridized carbons (Fsp3) is 0.786. The molecule has 3 rings (SSSR count). The van der Waals surface area contributed by atoms with E-state index in [1.54, 1.807) is 15.7 Å². The molecule has 124 valence electrons. The summed E-state index contributed by atoms with van der Waals surface area (Å²) in [6.07, 6.45) is 2.61. The number of H-pyrrole nitrogens is 1. The van der Waals surface area contributed by atoms with Gasteiger partial charge in [0.15, 0.2) is 0 Å². The van der Waals surface area contributed by atoms with Crippen LogP contribution < -0.4 is 0 Å². The molecular formula is C14H24N4O3S. The highest BCUT2D eigenvalue weighted by Gasteiger charge is 2.36. The van der Waals surface area contributed by atoms with Crippen LogP contribution in [0.1, 0.15) is 29.8 Å². The topological polar surface area (TPSA) is 78.5 Å². The summed E-state index contributed by atoms with van der Waals surface area (Å²) in [7, 11) is -1.74. The van der Waals surface area contributed by atoms with Crippen molar-refractivity contribution in [3.05, 3.63) is 17.0 Å². The zero-order valence-corrected chi connectivity index (χ0v) is 14.0. The molecule has 1 atom stereocenters. The van der Waals surface area contributed by atoms with Crippen molar-refractivity contribution >= 4 is 10.2 Å². The number of nitrogens with one attached hydrogen (secondary N) is 1. The lowest BCUT2D eigenvalue weighted by Gasteiger charge is -2.36. The second-order valence-corrected chi connectivity index (χ2v) is 8.12. The van der Waals surface area contributed by atoms with Gasteiger partial charge in [-0.15, -0.1) is 0 Å². The molecule has 0 bridgehead atoms. The van der Waals surface area contributed by atoms with Crippen molar-refractivity contribution in [3.63, 3.8) is 0 Å². The Hall–Kier alpha value is -0.960. The molecule has 1 saturated heterocycles.